The van der Waals surface area contributed by atoms with E-state index >= 15 is 0 Å². The van der Waals surface area contributed by atoms with E-state index in [4.69, 9.17) is 46.9 Å². The zero-order valence-electron chi connectivity index (χ0n) is 29.1. The van der Waals surface area contributed by atoms with Gasteiger partial charge in [0.15, 0.2) is 11.5 Å². The minimum atomic E-state index is -3.03. The minimum Gasteiger partial charge on any atom is -0.487 e. The number of aromatic nitrogens is 1. The molecule has 0 bridgehead atoms. The Bertz CT molecular complexity index is 1690. The first-order chi connectivity index (χ1) is 25.2. The molecule has 1 aliphatic rings. The van der Waals surface area contributed by atoms with Crippen molar-refractivity contribution in [2.45, 2.75) is 51.2 Å². The van der Waals surface area contributed by atoms with Gasteiger partial charge in [-0.3, -0.25) is 10.3 Å². The molecule has 4 aromatic rings. The Balaban J connectivity index is 1.28. The number of carbonyl (C=O) groups excluding carboxylic acids is 1. The van der Waals surface area contributed by atoms with Gasteiger partial charge in [0.1, 0.15) is 12.6 Å². The van der Waals surface area contributed by atoms with Crippen molar-refractivity contribution in [3.05, 3.63) is 110 Å². The lowest BCUT2D eigenvalue weighted by atomic mass is 9.98. The number of benzene rings is 2. The minimum absolute atomic E-state index is 0.108. The lowest BCUT2D eigenvalue weighted by Gasteiger charge is -2.29. The third-order valence-corrected chi connectivity index (χ3v) is 10.4. The first-order valence-electron chi connectivity index (χ1n) is 17.0. The summed E-state index contributed by atoms with van der Waals surface area (Å²) < 4.78 is 54.2. The molecule has 0 amide bonds. The van der Waals surface area contributed by atoms with Crippen LogP contribution >= 0.6 is 34.5 Å². The summed E-state index contributed by atoms with van der Waals surface area (Å²) in [5.41, 5.74) is 2.10. The summed E-state index contributed by atoms with van der Waals surface area (Å²) in [6.45, 7) is 0.438. The fourth-order valence-corrected chi connectivity index (χ4v) is 7.24. The van der Waals surface area contributed by atoms with E-state index in [9.17, 15) is 13.6 Å². The molecule has 0 saturated carbocycles. The number of nitrogens with one attached hydrogen (secondary N) is 1. The fraction of sp³-hybridized carbons (Fsp3) is 0.421. The number of esters is 1. The van der Waals surface area contributed by atoms with E-state index in [0.717, 1.165) is 41.2 Å². The number of likely N-dealkylation sites (tertiary alicyclic amines) is 1. The molecule has 2 aromatic heterocycles. The van der Waals surface area contributed by atoms with E-state index in [0.29, 0.717) is 40.2 Å². The van der Waals surface area contributed by atoms with Crippen molar-refractivity contribution in [3.63, 3.8) is 0 Å². The molecule has 3 heterocycles. The number of piperidine rings is 1. The molecule has 52 heavy (non-hydrogen) atoms. The summed E-state index contributed by atoms with van der Waals surface area (Å²) in [6, 6.07) is 17.6. The van der Waals surface area contributed by atoms with Gasteiger partial charge in [-0.15, -0.1) is 11.3 Å². The van der Waals surface area contributed by atoms with Gasteiger partial charge < -0.3 is 28.6 Å². The van der Waals surface area contributed by atoms with Gasteiger partial charge in [-0.2, -0.15) is 8.78 Å². The number of rotatable bonds is 19. The van der Waals surface area contributed by atoms with Crippen LogP contribution in [0.15, 0.2) is 73.1 Å². The summed E-state index contributed by atoms with van der Waals surface area (Å²) in [6.07, 6.45) is 4.70. The maximum absolute atomic E-state index is 13.4. The highest BCUT2D eigenvalue weighted by Crippen LogP contribution is 2.37. The number of halogens is 4. The highest BCUT2D eigenvalue weighted by atomic mass is 35.5. The Kier molecular flexibility index (Phi) is 15.5. The van der Waals surface area contributed by atoms with Gasteiger partial charge in [-0.25, -0.2) is 4.79 Å². The molecule has 0 radical (unpaired) electrons. The Morgan fingerprint density at radius 3 is 2.42 bits per heavy atom. The zero-order valence-corrected chi connectivity index (χ0v) is 31.4. The van der Waals surface area contributed by atoms with Crippen molar-refractivity contribution < 1.29 is 37.3 Å². The van der Waals surface area contributed by atoms with Crippen LogP contribution < -0.4 is 14.8 Å². The van der Waals surface area contributed by atoms with Crippen LogP contribution in [0.2, 0.25) is 10.0 Å². The predicted molar refractivity (Wildman–Crippen MR) is 197 cm³/mol. The van der Waals surface area contributed by atoms with Crippen molar-refractivity contribution in [3.8, 4) is 11.5 Å². The normalized spacial score (nSPS) is 15.1. The molecule has 1 saturated heterocycles. The van der Waals surface area contributed by atoms with Crippen LogP contribution in [-0.2, 0) is 38.6 Å². The molecule has 2 atom stereocenters. The van der Waals surface area contributed by atoms with Crippen LogP contribution in [-0.4, -0.2) is 69.5 Å². The van der Waals surface area contributed by atoms with Crippen LogP contribution in [0.3, 0.4) is 0 Å². The smallest absolute Gasteiger partial charge is 0.387 e. The highest BCUT2D eigenvalue weighted by Gasteiger charge is 2.25. The van der Waals surface area contributed by atoms with Crippen LogP contribution in [0.5, 0.6) is 11.5 Å². The number of hydrogen-bond acceptors (Lipinski definition) is 10. The third-order valence-electron chi connectivity index (χ3n) is 8.74. The first-order valence-corrected chi connectivity index (χ1v) is 18.6. The SMILES string of the molecule is COCCOc1cc([C@H](Cc2c(Cl)cncc2Cl)OCc2ccc(CNC(C(=O)OCC3CCN(C)CC3)c3ccccc3)s2)ccc1OC(F)F. The maximum Gasteiger partial charge on any atom is 0.387 e. The number of methoxy groups -OCH3 is 1. The number of carbonyl (C=O) groups is 1. The summed E-state index contributed by atoms with van der Waals surface area (Å²) in [7, 11) is 3.63. The second-order valence-corrected chi connectivity index (χ2v) is 14.5. The van der Waals surface area contributed by atoms with Crippen molar-refractivity contribution in [2.24, 2.45) is 5.92 Å². The van der Waals surface area contributed by atoms with E-state index in [1.807, 2.05) is 42.5 Å². The number of ether oxygens (including phenoxy) is 5. The molecular formula is C38H43Cl2F2N3O6S. The Morgan fingerprint density at radius 1 is 0.981 bits per heavy atom. The number of alkyl halides is 2. The Hall–Kier alpha value is -3.36. The molecule has 1 fully saturated rings. The molecule has 1 N–H and O–H groups in total. The molecule has 2 aromatic carbocycles. The topological polar surface area (TPSA) is 91.4 Å². The summed E-state index contributed by atoms with van der Waals surface area (Å²) in [4.78, 5) is 21.6. The summed E-state index contributed by atoms with van der Waals surface area (Å²) in [5, 5.41) is 4.15. The van der Waals surface area contributed by atoms with Gasteiger partial charge in [0, 0.05) is 42.2 Å². The summed E-state index contributed by atoms with van der Waals surface area (Å²) >= 11 is 14.5. The fourth-order valence-electron chi connectivity index (χ4n) is 5.83. The molecule has 0 spiro atoms. The van der Waals surface area contributed by atoms with Crippen LogP contribution in [0.4, 0.5) is 8.78 Å². The highest BCUT2D eigenvalue weighted by molar-refractivity contribution is 7.11. The second kappa shape index (κ2) is 20.2. The lowest BCUT2D eigenvalue weighted by Crippen LogP contribution is -2.34. The molecule has 5 rings (SSSR count). The molecular weight excluding hydrogens is 735 g/mol. The van der Waals surface area contributed by atoms with E-state index in [1.54, 1.807) is 23.5 Å². The largest absolute Gasteiger partial charge is 0.487 e. The number of pyridine rings is 1. The summed E-state index contributed by atoms with van der Waals surface area (Å²) in [5.74, 6) is 0.0859. The average molecular weight is 779 g/mol. The lowest BCUT2D eigenvalue weighted by molar-refractivity contribution is -0.148. The number of thiophene rings is 1. The predicted octanol–water partition coefficient (Wildman–Crippen LogP) is 8.29. The van der Waals surface area contributed by atoms with Crippen molar-refractivity contribution in [2.75, 3.05) is 47.1 Å². The van der Waals surface area contributed by atoms with Crippen LogP contribution in [0.25, 0.3) is 0 Å². The number of hydrogen-bond donors (Lipinski definition) is 1. The molecule has 9 nitrogen and oxygen atoms in total. The average Bonchev–Trinajstić information content (AvgIpc) is 3.59. The molecule has 1 unspecified atom stereocenters. The van der Waals surface area contributed by atoms with E-state index in [2.05, 4.69) is 22.2 Å². The maximum atomic E-state index is 13.4. The van der Waals surface area contributed by atoms with Crippen molar-refractivity contribution in [1.82, 2.24) is 15.2 Å². The first kappa shape index (κ1) is 39.8. The van der Waals surface area contributed by atoms with Gasteiger partial charge in [0.05, 0.1) is 36.0 Å². The van der Waals surface area contributed by atoms with Crippen LogP contribution in [0.1, 0.15) is 51.4 Å². The van der Waals surface area contributed by atoms with E-state index in [1.165, 1.54) is 25.6 Å². The van der Waals surface area contributed by atoms with Gasteiger partial charge in [-0.05, 0) is 79.9 Å². The molecule has 0 aliphatic carbocycles. The van der Waals surface area contributed by atoms with Gasteiger partial charge in [0.25, 0.3) is 0 Å². The van der Waals surface area contributed by atoms with Gasteiger partial charge in [0.2, 0.25) is 0 Å². The Morgan fingerprint density at radius 2 is 1.71 bits per heavy atom. The standard InChI is InChI=1S/C38H43Cl2F2N3O6S/c1-45-14-12-25(13-15-45)23-50-37(46)36(26-6-4-3-5-7-26)44-20-28-9-10-29(52-28)24-49-34(19-30-31(39)21-43-22-32(30)40)27-8-11-33(51-38(41)42)35(18-27)48-17-16-47-2/h3-11,18,21-22,25,34,36,38,44H,12-17,19-20,23-24H2,1-2H3/t34-,36?/m0/s1. The quantitative estimate of drug-likeness (QED) is 0.0746. The zero-order chi connectivity index (χ0) is 36.9. The third kappa shape index (κ3) is 11.8. The van der Waals surface area contributed by atoms with Crippen molar-refractivity contribution in [1.29, 1.82) is 0 Å². The van der Waals surface area contributed by atoms with Crippen LogP contribution in [0, 0.1) is 5.92 Å². The second-order valence-electron chi connectivity index (χ2n) is 12.5. The van der Waals surface area contributed by atoms with Gasteiger partial charge >= 0.3 is 12.6 Å². The molecule has 280 valence electrons. The van der Waals surface area contributed by atoms with Gasteiger partial charge in [-0.1, -0.05) is 59.6 Å². The van der Waals surface area contributed by atoms with E-state index < -0.39 is 18.8 Å². The molecule has 1 aliphatic heterocycles. The van der Waals surface area contributed by atoms with E-state index in [-0.39, 0.29) is 43.7 Å². The molecule has 14 heteroatoms. The Labute approximate surface area is 317 Å². The monoisotopic (exact) mass is 777 g/mol. The van der Waals surface area contributed by atoms with Crippen molar-refractivity contribution >= 4 is 40.5 Å². The number of nitrogens with zero attached hydrogens (tertiary/aromatic N) is 2.